The zero-order valence-corrected chi connectivity index (χ0v) is 16.2. The normalized spacial score (nSPS) is 12.5. The molecule has 0 aliphatic carbocycles. The number of halogens is 2. The number of hydrogen-bond acceptors (Lipinski definition) is 4. The average molecular weight is 460 g/mol. The predicted molar refractivity (Wildman–Crippen MR) is 105 cm³/mol. The Hall–Kier alpha value is -1.50. The van der Waals surface area contributed by atoms with Crippen LogP contribution in [0.4, 0.5) is 0 Å². The van der Waals surface area contributed by atoms with Crippen molar-refractivity contribution >= 4 is 75.2 Å². The Morgan fingerprint density at radius 1 is 1.12 bits per heavy atom. The number of phenols is 1. The summed E-state index contributed by atoms with van der Waals surface area (Å²) in [5, 5.41) is 20.6. The summed E-state index contributed by atoms with van der Waals surface area (Å²) < 4.78 is 5.95. The first-order chi connectivity index (χ1) is 11.8. The molecule has 1 unspecified atom stereocenters. The molecule has 0 saturated carbocycles. The number of furan rings is 1. The highest BCUT2D eigenvalue weighted by Gasteiger charge is 2.28. The molecular weight excluding hydrogens is 450 g/mol. The smallest absolute Gasteiger partial charge is 0.196 e. The van der Waals surface area contributed by atoms with Gasteiger partial charge in [-0.1, -0.05) is 29.1 Å². The summed E-state index contributed by atoms with van der Waals surface area (Å²) in [6, 6.07) is 6.94. The number of hydrogen-bond donors (Lipinski definition) is 2. The molecule has 3 rings (SSSR count). The van der Waals surface area contributed by atoms with E-state index in [4.69, 9.17) is 20.1 Å². The zero-order chi connectivity index (χ0) is 18.5. The van der Waals surface area contributed by atoms with Crippen molar-refractivity contribution in [2.75, 3.05) is 0 Å². The third-order valence-electron chi connectivity index (χ3n) is 3.88. The van der Waals surface area contributed by atoms with E-state index in [1.165, 1.54) is 6.92 Å². The Balaban J connectivity index is 2.35. The maximum Gasteiger partial charge on any atom is 0.196 e. The van der Waals surface area contributed by atoms with Crippen LogP contribution in [0.2, 0.25) is 0 Å². The number of carbonyl (C=O) groups excluding carboxylic acids is 1. The van der Waals surface area contributed by atoms with Crippen molar-refractivity contribution in [1.82, 2.24) is 0 Å². The summed E-state index contributed by atoms with van der Waals surface area (Å²) in [5.41, 5.74) is 0.685. The monoisotopic (exact) mass is 458 g/mol. The van der Waals surface area contributed by atoms with Gasteiger partial charge in [-0.15, -0.1) is 0 Å². The molecule has 4 radical (unpaired) electrons. The summed E-state index contributed by atoms with van der Waals surface area (Å²) in [5.74, 6) is -0.568. The van der Waals surface area contributed by atoms with E-state index in [0.717, 1.165) is 0 Å². The van der Waals surface area contributed by atoms with E-state index < -0.39 is 11.9 Å². The van der Waals surface area contributed by atoms with Crippen LogP contribution in [-0.4, -0.2) is 31.7 Å². The van der Waals surface area contributed by atoms with Crippen molar-refractivity contribution in [2.45, 2.75) is 13.0 Å². The average Bonchev–Trinajstić information content (AvgIpc) is 2.98. The summed E-state index contributed by atoms with van der Waals surface area (Å²) in [4.78, 5) is 13.2. The van der Waals surface area contributed by atoms with Gasteiger partial charge in [0.1, 0.15) is 38.9 Å². The van der Waals surface area contributed by atoms with Gasteiger partial charge in [-0.25, -0.2) is 0 Å². The third kappa shape index (κ3) is 2.86. The molecule has 0 bridgehead atoms. The van der Waals surface area contributed by atoms with Crippen LogP contribution >= 0.6 is 31.9 Å². The number of para-hydroxylation sites is 1. The van der Waals surface area contributed by atoms with E-state index in [-0.39, 0.29) is 42.5 Å². The predicted octanol–water partition coefficient (Wildman–Crippen LogP) is 2.54. The molecule has 0 aliphatic rings. The van der Waals surface area contributed by atoms with Crippen LogP contribution in [0.1, 0.15) is 34.7 Å². The summed E-state index contributed by atoms with van der Waals surface area (Å²) in [6.45, 7) is 1.50. The maximum atomic E-state index is 13.2. The van der Waals surface area contributed by atoms with Crippen molar-refractivity contribution in [3.8, 4) is 5.75 Å². The maximum absolute atomic E-state index is 13.2. The van der Waals surface area contributed by atoms with Gasteiger partial charge in [-0.2, -0.15) is 0 Å². The highest BCUT2D eigenvalue weighted by Crippen LogP contribution is 2.34. The van der Waals surface area contributed by atoms with Crippen molar-refractivity contribution in [3.63, 3.8) is 0 Å². The first-order valence-corrected chi connectivity index (χ1v) is 8.83. The molecular formula is C17H10B2Br2O4. The zero-order valence-electron chi connectivity index (χ0n) is 13.0. The van der Waals surface area contributed by atoms with E-state index in [0.29, 0.717) is 11.0 Å². The highest BCUT2D eigenvalue weighted by molar-refractivity contribution is 9.11. The molecule has 2 N–H and O–H groups in total. The Morgan fingerprint density at radius 2 is 1.68 bits per heavy atom. The van der Waals surface area contributed by atoms with E-state index in [1.54, 1.807) is 24.3 Å². The summed E-state index contributed by atoms with van der Waals surface area (Å²) in [6.07, 6.45) is -1.00. The van der Waals surface area contributed by atoms with E-state index in [9.17, 15) is 15.0 Å². The molecule has 4 nitrogen and oxygen atoms in total. The first kappa shape index (κ1) is 18.3. The van der Waals surface area contributed by atoms with Crippen LogP contribution < -0.4 is 10.9 Å². The topological polar surface area (TPSA) is 70.7 Å². The van der Waals surface area contributed by atoms with Gasteiger partial charge in [-0.05, 0) is 44.8 Å². The van der Waals surface area contributed by atoms with Gasteiger partial charge in [0.2, 0.25) is 0 Å². The number of phenolic OH excluding ortho intramolecular Hbond substituents is 1. The van der Waals surface area contributed by atoms with E-state index in [2.05, 4.69) is 31.9 Å². The molecule has 0 spiro atoms. The highest BCUT2D eigenvalue weighted by atomic mass is 79.9. The second kappa shape index (κ2) is 6.67. The quantitative estimate of drug-likeness (QED) is 0.466. The first-order valence-electron chi connectivity index (χ1n) is 7.24. The molecule has 2 aromatic carbocycles. The molecule has 0 saturated heterocycles. The van der Waals surface area contributed by atoms with Crippen molar-refractivity contribution in [2.24, 2.45) is 0 Å². The van der Waals surface area contributed by atoms with Crippen molar-refractivity contribution in [1.29, 1.82) is 0 Å². The lowest BCUT2D eigenvalue weighted by atomic mass is 9.77. The Morgan fingerprint density at radius 3 is 2.24 bits per heavy atom. The fourth-order valence-electron chi connectivity index (χ4n) is 2.68. The minimum Gasteiger partial charge on any atom is -0.506 e. The van der Waals surface area contributed by atoms with Gasteiger partial charge >= 0.3 is 0 Å². The molecule has 0 aliphatic heterocycles. The lowest BCUT2D eigenvalue weighted by molar-refractivity contribution is 0.103. The van der Waals surface area contributed by atoms with Gasteiger partial charge in [-0.3, -0.25) is 4.79 Å². The van der Waals surface area contributed by atoms with Crippen LogP contribution in [0, 0.1) is 0 Å². The van der Waals surface area contributed by atoms with Gasteiger partial charge in [0.25, 0.3) is 0 Å². The number of rotatable bonds is 3. The Labute approximate surface area is 163 Å². The van der Waals surface area contributed by atoms with Crippen LogP contribution in [-0.2, 0) is 0 Å². The van der Waals surface area contributed by atoms with Crippen LogP contribution in [0.3, 0.4) is 0 Å². The second-order valence-corrected chi connectivity index (χ2v) is 7.11. The van der Waals surface area contributed by atoms with Gasteiger partial charge in [0, 0.05) is 10.9 Å². The van der Waals surface area contributed by atoms with E-state index >= 15 is 0 Å². The number of aliphatic hydroxyl groups excluding tert-OH is 1. The SMILES string of the molecule is [B]c1c(Br)c(O)c(Br)c([B])c1C(=O)c1c(C(C)O)oc2ccccc12. The molecule has 1 heterocycles. The molecule has 8 heteroatoms. The lowest BCUT2D eigenvalue weighted by Crippen LogP contribution is -2.30. The molecule has 25 heavy (non-hydrogen) atoms. The van der Waals surface area contributed by atoms with Crippen molar-refractivity contribution < 1.29 is 19.4 Å². The van der Waals surface area contributed by atoms with Gasteiger partial charge in [0.15, 0.2) is 5.78 Å². The number of aliphatic hydroxyl groups is 1. The molecule has 3 aromatic rings. The number of ketones is 1. The van der Waals surface area contributed by atoms with Crippen LogP contribution in [0.15, 0.2) is 37.6 Å². The fourth-order valence-corrected chi connectivity index (χ4v) is 3.74. The van der Waals surface area contributed by atoms with Gasteiger partial charge in [0.05, 0.1) is 14.5 Å². The largest absolute Gasteiger partial charge is 0.506 e. The van der Waals surface area contributed by atoms with Crippen LogP contribution in [0.25, 0.3) is 11.0 Å². The number of benzene rings is 2. The molecule has 1 aromatic heterocycles. The van der Waals surface area contributed by atoms with E-state index in [1.807, 2.05) is 0 Å². The number of aromatic hydroxyl groups is 1. The molecule has 0 amide bonds. The molecule has 122 valence electrons. The third-order valence-corrected chi connectivity index (χ3v) is 5.49. The fraction of sp³-hybridized carbons (Fsp3) is 0.118. The minimum absolute atomic E-state index is 0.00465. The molecule has 1 atom stereocenters. The Bertz CT molecular complexity index is 983. The van der Waals surface area contributed by atoms with Gasteiger partial charge < -0.3 is 14.6 Å². The Kier molecular flexibility index (Phi) is 4.88. The summed E-state index contributed by atoms with van der Waals surface area (Å²) in [7, 11) is 12.0. The standard InChI is InChI=1S/C17H10B2Br2O4/c1-6(22)17-9(7-4-2-3-5-8(7)25-17)15(23)10-11(18)13(20)16(24)14(21)12(10)19/h2-6,22,24H,1H3. The van der Waals surface area contributed by atoms with Crippen molar-refractivity contribution in [3.05, 3.63) is 50.1 Å². The second-order valence-electron chi connectivity index (χ2n) is 5.52. The number of fused-ring (bicyclic) bond motifs is 1. The lowest BCUT2D eigenvalue weighted by Gasteiger charge is -2.16. The molecule has 0 fully saturated rings. The number of carbonyl (C=O) groups is 1. The van der Waals surface area contributed by atoms with Crippen LogP contribution in [0.5, 0.6) is 5.75 Å². The minimum atomic E-state index is -1.00. The summed E-state index contributed by atoms with van der Waals surface area (Å²) >= 11 is 6.32.